The molecule has 1 fully saturated rings. The van der Waals surface area contributed by atoms with Crippen LogP contribution in [0.1, 0.15) is 35.1 Å². The zero-order chi connectivity index (χ0) is 27.2. The molecule has 2 aromatic carbocycles. The van der Waals surface area contributed by atoms with Crippen molar-refractivity contribution in [3.05, 3.63) is 70.1 Å². The van der Waals surface area contributed by atoms with E-state index in [1.165, 1.54) is 40.7 Å². The van der Waals surface area contributed by atoms with Crippen molar-refractivity contribution in [1.82, 2.24) is 9.62 Å². The van der Waals surface area contributed by atoms with Gasteiger partial charge in [-0.2, -0.15) is 17.5 Å². The number of aryl methyl sites for hydroxylation is 1. The highest BCUT2D eigenvalue weighted by Gasteiger charge is 2.47. The van der Waals surface area contributed by atoms with E-state index in [0.717, 1.165) is 23.8 Å². The predicted octanol–water partition coefficient (Wildman–Crippen LogP) is 3.13. The van der Waals surface area contributed by atoms with Gasteiger partial charge >= 0.3 is 6.18 Å². The number of piperidine rings is 1. The maximum Gasteiger partial charge on any atom is 0.416 e. The number of halogens is 3. The number of nitrogens with one attached hydrogen (secondary N) is 1. The molecular formula is C24H24F3N3O5S2. The molecule has 1 saturated heterocycles. The molecule has 0 radical (unpaired) electrons. The lowest BCUT2D eigenvalue weighted by Gasteiger charge is -2.34. The molecular weight excluding hydrogens is 531 g/mol. The van der Waals surface area contributed by atoms with Crippen LogP contribution in [0.5, 0.6) is 0 Å². The van der Waals surface area contributed by atoms with Crippen molar-refractivity contribution in [2.75, 3.05) is 19.3 Å². The number of carbonyl (C=O) groups is 1. The largest absolute Gasteiger partial charge is 0.416 e. The average molecular weight is 556 g/mol. The molecule has 13 heteroatoms. The first kappa shape index (κ1) is 27.0. The van der Waals surface area contributed by atoms with E-state index in [-0.39, 0.29) is 42.2 Å². The summed E-state index contributed by atoms with van der Waals surface area (Å²) in [7, 11) is -7.25. The molecule has 2 heterocycles. The van der Waals surface area contributed by atoms with Gasteiger partial charge in [0.25, 0.3) is 5.91 Å². The van der Waals surface area contributed by atoms with Gasteiger partial charge in [0, 0.05) is 30.3 Å². The lowest BCUT2D eigenvalue weighted by Crippen LogP contribution is -2.50. The number of rotatable bonds is 5. The Labute approximate surface area is 212 Å². The number of hydrogen-bond acceptors (Lipinski definition) is 6. The Hall–Kier alpha value is -3.03. The van der Waals surface area contributed by atoms with Crippen LogP contribution in [0.4, 0.5) is 13.2 Å². The molecule has 0 saturated carbocycles. The average Bonchev–Trinajstić information content (AvgIpc) is 3.13. The number of benzene rings is 2. The van der Waals surface area contributed by atoms with Gasteiger partial charge in [-0.25, -0.2) is 16.8 Å². The normalized spacial score (nSPS) is 18.8. The van der Waals surface area contributed by atoms with Gasteiger partial charge in [-0.3, -0.25) is 9.79 Å². The second kappa shape index (κ2) is 9.37. The highest BCUT2D eigenvalue weighted by molar-refractivity contribution is 7.92. The number of carbonyl (C=O) groups excluding carboxylic acids is 1. The van der Waals surface area contributed by atoms with Crippen LogP contribution in [0.25, 0.3) is 6.08 Å². The maximum atomic E-state index is 13.1. The van der Waals surface area contributed by atoms with Crippen molar-refractivity contribution in [1.29, 1.82) is 0 Å². The van der Waals surface area contributed by atoms with Gasteiger partial charge in [-0.05, 0) is 61.2 Å². The molecule has 2 aliphatic heterocycles. The van der Waals surface area contributed by atoms with Crippen LogP contribution in [0.15, 0.2) is 57.8 Å². The molecule has 1 spiro atoms. The SMILES string of the molecule is Cc1cc(S(C)(=O)=O)ccc1/C=C/S(=O)(=O)N1CCC2(CC1)N=C(c1cccc(C(F)(F)F)c1)NC2=O. The summed E-state index contributed by atoms with van der Waals surface area (Å²) in [6.45, 7) is 1.65. The van der Waals surface area contributed by atoms with Crippen molar-refractivity contribution in [3.8, 4) is 0 Å². The second-order valence-corrected chi connectivity index (χ2v) is 12.9. The lowest BCUT2D eigenvalue weighted by atomic mass is 9.89. The molecule has 0 atom stereocenters. The Kier molecular flexibility index (Phi) is 6.84. The minimum absolute atomic E-state index is 0.00847. The standard InChI is InChI=1S/C24H24F3N3O5S2/c1-16-14-20(36(2,32)33)7-6-17(16)8-13-37(34,35)30-11-9-23(10-12-30)22(31)28-21(29-23)18-4-3-5-19(15-18)24(25,26)27/h3-8,13-15H,9-12H2,1-2H3,(H,28,29,31)/b13-8+. The van der Waals surface area contributed by atoms with Gasteiger partial charge in [-0.15, -0.1) is 0 Å². The molecule has 37 heavy (non-hydrogen) atoms. The topological polar surface area (TPSA) is 113 Å². The van der Waals surface area contributed by atoms with Gasteiger partial charge < -0.3 is 5.32 Å². The van der Waals surface area contributed by atoms with Gasteiger partial charge in [0.2, 0.25) is 10.0 Å². The van der Waals surface area contributed by atoms with Crippen LogP contribution in [0.2, 0.25) is 0 Å². The summed E-state index contributed by atoms with van der Waals surface area (Å²) >= 11 is 0. The quantitative estimate of drug-likeness (QED) is 0.609. The number of hydrogen-bond donors (Lipinski definition) is 1. The summed E-state index contributed by atoms with van der Waals surface area (Å²) in [5, 5.41) is 3.58. The maximum absolute atomic E-state index is 13.1. The predicted molar refractivity (Wildman–Crippen MR) is 132 cm³/mol. The first-order valence-corrected chi connectivity index (χ1v) is 14.6. The molecule has 0 unspecified atom stereocenters. The third kappa shape index (κ3) is 5.63. The Morgan fingerprint density at radius 1 is 1.05 bits per heavy atom. The number of nitrogens with zero attached hydrogens (tertiary/aromatic N) is 2. The summed E-state index contributed by atoms with van der Waals surface area (Å²) in [4.78, 5) is 17.3. The summed E-state index contributed by atoms with van der Waals surface area (Å²) in [5.41, 5.74) is -0.870. The van der Waals surface area contributed by atoms with Crippen molar-refractivity contribution in [2.45, 2.75) is 36.4 Å². The van der Waals surface area contributed by atoms with Gasteiger partial charge in [0.1, 0.15) is 11.4 Å². The monoisotopic (exact) mass is 555 g/mol. The smallest absolute Gasteiger partial charge is 0.308 e. The van der Waals surface area contributed by atoms with E-state index in [2.05, 4.69) is 10.3 Å². The minimum atomic E-state index is -4.54. The van der Waals surface area contributed by atoms with E-state index in [9.17, 15) is 34.8 Å². The number of sulfone groups is 1. The zero-order valence-electron chi connectivity index (χ0n) is 19.9. The molecule has 198 valence electrons. The van der Waals surface area contributed by atoms with Gasteiger partial charge in [-0.1, -0.05) is 18.2 Å². The van der Waals surface area contributed by atoms with E-state index >= 15 is 0 Å². The number of aliphatic imine (C=N–C) groups is 1. The van der Waals surface area contributed by atoms with E-state index in [4.69, 9.17) is 0 Å². The van der Waals surface area contributed by atoms with Crippen LogP contribution >= 0.6 is 0 Å². The number of amides is 1. The molecule has 1 N–H and O–H groups in total. The van der Waals surface area contributed by atoms with E-state index in [0.29, 0.717) is 11.1 Å². The lowest BCUT2D eigenvalue weighted by molar-refractivity contribution is -0.137. The molecule has 8 nitrogen and oxygen atoms in total. The van der Waals surface area contributed by atoms with Crippen molar-refractivity contribution in [2.24, 2.45) is 4.99 Å². The fraction of sp³-hybridized carbons (Fsp3) is 0.333. The fourth-order valence-corrected chi connectivity index (χ4v) is 6.15. The van der Waals surface area contributed by atoms with E-state index < -0.39 is 43.0 Å². The second-order valence-electron chi connectivity index (χ2n) is 9.06. The van der Waals surface area contributed by atoms with Crippen LogP contribution < -0.4 is 5.32 Å². The van der Waals surface area contributed by atoms with Crippen molar-refractivity contribution >= 4 is 37.7 Å². The van der Waals surface area contributed by atoms with Crippen LogP contribution in [-0.4, -0.2) is 57.8 Å². The third-order valence-corrected chi connectivity index (χ3v) is 9.12. The van der Waals surface area contributed by atoms with E-state index in [1.807, 2.05) is 0 Å². The van der Waals surface area contributed by atoms with Crippen LogP contribution in [-0.2, 0) is 30.8 Å². The molecule has 2 aliphatic rings. The molecule has 2 aromatic rings. The van der Waals surface area contributed by atoms with Gasteiger partial charge in [0.15, 0.2) is 9.84 Å². The zero-order valence-corrected chi connectivity index (χ0v) is 21.5. The molecule has 0 aromatic heterocycles. The summed E-state index contributed by atoms with van der Waals surface area (Å²) in [6, 6.07) is 8.87. The van der Waals surface area contributed by atoms with Crippen molar-refractivity contribution in [3.63, 3.8) is 0 Å². The third-order valence-electron chi connectivity index (χ3n) is 6.44. The molecule has 0 bridgehead atoms. The highest BCUT2D eigenvalue weighted by atomic mass is 32.2. The summed E-state index contributed by atoms with van der Waals surface area (Å²) in [6.07, 6.45) is -1.94. The van der Waals surface area contributed by atoms with Crippen LogP contribution in [0.3, 0.4) is 0 Å². The van der Waals surface area contributed by atoms with Crippen molar-refractivity contribution < 1.29 is 34.8 Å². The highest BCUT2D eigenvalue weighted by Crippen LogP contribution is 2.34. The minimum Gasteiger partial charge on any atom is -0.308 e. The summed E-state index contributed by atoms with van der Waals surface area (Å²) < 4.78 is 89.6. The molecule has 4 rings (SSSR count). The number of sulfonamides is 1. The number of amidine groups is 1. The Morgan fingerprint density at radius 2 is 1.73 bits per heavy atom. The Morgan fingerprint density at radius 3 is 2.32 bits per heavy atom. The van der Waals surface area contributed by atoms with E-state index in [1.54, 1.807) is 6.92 Å². The van der Waals surface area contributed by atoms with Crippen LogP contribution in [0, 0.1) is 6.92 Å². The molecule has 1 amide bonds. The molecule has 0 aliphatic carbocycles. The first-order valence-electron chi connectivity index (χ1n) is 11.2. The van der Waals surface area contributed by atoms with Gasteiger partial charge in [0.05, 0.1) is 10.5 Å². The number of alkyl halides is 3. The Bertz CT molecular complexity index is 1520. The first-order chi connectivity index (χ1) is 17.1. The Balaban J connectivity index is 1.49. The summed E-state index contributed by atoms with van der Waals surface area (Å²) in [5.74, 6) is -0.450. The fourth-order valence-electron chi connectivity index (χ4n) is 4.26.